The predicted octanol–water partition coefficient (Wildman–Crippen LogP) is 3.90. The summed E-state index contributed by atoms with van der Waals surface area (Å²) in [6.45, 7) is 0. The summed E-state index contributed by atoms with van der Waals surface area (Å²) < 4.78 is 0. The van der Waals surface area contributed by atoms with Crippen LogP contribution in [-0.4, -0.2) is 7.05 Å². The first kappa shape index (κ1) is 11.6. The lowest BCUT2D eigenvalue weighted by Gasteiger charge is -2.16. The predicted molar refractivity (Wildman–Crippen MR) is 71.3 cm³/mol. The van der Waals surface area contributed by atoms with Crippen LogP contribution in [-0.2, 0) is 6.42 Å². The summed E-state index contributed by atoms with van der Waals surface area (Å²) in [5, 5.41) is 8.42. The van der Waals surface area contributed by atoms with Crippen molar-refractivity contribution >= 4 is 22.9 Å². The largest absolute Gasteiger partial charge is 0.313 e. The van der Waals surface area contributed by atoms with Crippen LogP contribution in [0.25, 0.3) is 0 Å². The summed E-state index contributed by atoms with van der Waals surface area (Å²) in [7, 11) is 1.98. The number of thiophene rings is 1. The molecule has 0 aliphatic rings. The van der Waals surface area contributed by atoms with E-state index in [1.165, 1.54) is 11.1 Å². The maximum atomic E-state index is 6.00. The molecule has 0 saturated heterocycles. The summed E-state index contributed by atoms with van der Waals surface area (Å²) in [6, 6.07) is 10.5. The standard InChI is InChI=1S/C13H14ClNS/c1-15-13(7-10-5-6-16-9-10)11-3-2-4-12(14)8-11/h2-6,8-9,13,15H,7H2,1H3. The van der Waals surface area contributed by atoms with E-state index in [9.17, 15) is 0 Å². The lowest BCUT2D eigenvalue weighted by atomic mass is 10.0. The minimum absolute atomic E-state index is 0.327. The normalized spacial score (nSPS) is 12.6. The second kappa shape index (κ2) is 5.48. The molecule has 84 valence electrons. The number of hydrogen-bond acceptors (Lipinski definition) is 2. The molecule has 0 bridgehead atoms. The van der Waals surface area contributed by atoms with Gasteiger partial charge in [0.1, 0.15) is 0 Å². The molecule has 0 amide bonds. The van der Waals surface area contributed by atoms with Gasteiger partial charge in [-0.15, -0.1) is 0 Å². The Hall–Kier alpha value is -0.830. The Morgan fingerprint density at radius 2 is 2.25 bits per heavy atom. The van der Waals surface area contributed by atoms with Crippen LogP contribution >= 0.6 is 22.9 Å². The van der Waals surface area contributed by atoms with E-state index in [1.807, 2.05) is 25.2 Å². The van der Waals surface area contributed by atoms with E-state index >= 15 is 0 Å². The third kappa shape index (κ3) is 2.85. The molecule has 0 spiro atoms. The van der Waals surface area contributed by atoms with Crippen molar-refractivity contribution in [1.29, 1.82) is 0 Å². The quantitative estimate of drug-likeness (QED) is 0.869. The molecule has 1 aromatic carbocycles. The van der Waals surface area contributed by atoms with Crippen molar-refractivity contribution < 1.29 is 0 Å². The van der Waals surface area contributed by atoms with Crippen molar-refractivity contribution in [3.63, 3.8) is 0 Å². The van der Waals surface area contributed by atoms with Gasteiger partial charge in [0.05, 0.1) is 0 Å². The van der Waals surface area contributed by atoms with E-state index in [-0.39, 0.29) is 0 Å². The molecule has 0 radical (unpaired) electrons. The van der Waals surface area contributed by atoms with Crippen LogP contribution in [0.15, 0.2) is 41.1 Å². The van der Waals surface area contributed by atoms with Gasteiger partial charge in [-0.25, -0.2) is 0 Å². The second-order valence-electron chi connectivity index (χ2n) is 3.73. The number of rotatable bonds is 4. The Kier molecular flexibility index (Phi) is 3.99. The van der Waals surface area contributed by atoms with E-state index in [4.69, 9.17) is 11.6 Å². The summed E-state index contributed by atoms with van der Waals surface area (Å²) in [5.41, 5.74) is 2.60. The fourth-order valence-electron chi connectivity index (χ4n) is 1.75. The van der Waals surface area contributed by atoms with Gasteiger partial charge in [-0.2, -0.15) is 11.3 Å². The molecule has 1 unspecified atom stereocenters. The van der Waals surface area contributed by atoms with Crippen LogP contribution < -0.4 is 5.32 Å². The molecule has 16 heavy (non-hydrogen) atoms. The molecule has 3 heteroatoms. The number of halogens is 1. The van der Waals surface area contributed by atoms with Crippen molar-refractivity contribution in [3.05, 3.63) is 57.2 Å². The van der Waals surface area contributed by atoms with Crippen LogP contribution in [0.3, 0.4) is 0 Å². The molecule has 2 rings (SSSR count). The van der Waals surface area contributed by atoms with E-state index in [0.717, 1.165) is 11.4 Å². The summed E-state index contributed by atoms with van der Waals surface area (Å²) in [4.78, 5) is 0. The van der Waals surface area contributed by atoms with Gasteiger partial charge in [-0.1, -0.05) is 23.7 Å². The first-order valence-corrected chi connectivity index (χ1v) is 6.55. The first-order chi connectivity index (χ1) is 7.79. The summed E-state index contributed by atoms with van der Waals surface area (Å²) in [5.74, 6) is 0. The topological polar surface area (TPSA) is 12.0 Å². The highest BCUT2D eigenvalue weighted by Crippen LogP contribution is 2.22. The van der Waals surface area contributed by atoms with Crippen molar-refractivity contribution in [1.82, 2.24) is 5.32 Å². The van der Waals surface area contributed by atoms with Crippen LogP contribution in [0.5, 0.6) is 0 Å². The Bertz CT molecular complexity index is 439. The van der Waals surface area contributed by atoms with E-state index in [0.29, 0.717) is 6.04 Å². The molecule has 1 heterocycles. The fourth-order valence-corrected chi connectivity index (χ4v) is 2.63. The molecule has 0 saturated carbocycles. The van der Waals surface area contributed by atoms with Crippen molar-refractivity contribution in [3.8, 4) is 0 Å². The van der Waals surface area contributed by atoms with Gasteiger partial charge in [0, 0.05) is 11.1 Å². The zero-order valence-corrected chi connectivity index (χ0v) is 10.7. The molecule has 1 atom stereocenters. The zero-order valence-electron chi connectivity index (χ0n) is 9.11. The molecule has 1 nitrogen and oxygen atoms in total. The van der Waals surface area contributed by atoms with Gasteiger partial charge < -0.3 is 5.32 Å². The van der Waals surface area contributed by atoms with Crippen LogP contribution in [0.4, 0.5) is 0 Å². The highest BCUT2D eigenvalue weighted by molar-refractivity contribution is 7.07. The number of hydrogen-bond donors (Lipinski definition) is 1. The number of likely N-dealkylation sites (N-methyl/N-ethyl adjacent to an activating group) is 1. The Balaban J connectivity index is 2.16. The summed E-state index contributed by atoms with van der Waals surface area (Å²) >= 11 is 7.74. The van der Waals surface area contributed by atoms with E-state index in [2.05, 4.69) is 28.2 Å². The molecule has 2 aromatic rings. The SMILES string of the molecule is CNC(Cc1ccsc1)c1cccc(Cl)c1. The summed E-state index contributed by atoms with van der Waals surface area (Å²) in [6.07, 6.45) is 1.00. The molecule has 1 aromatic heterocycles. The lowest BCUT2D eigenvalue weighted by Crippen LogP contribution is -2.18. The molecular weight excluding hydrogens is 238 g/mol. The molecule has 0 aliphatic heterocycles. The van der Waals surface area contributed by atoms with Gasteiger partial charge >= 0.3 is 0 Å². The Morgan fingerprint density at radius 1 is 1.38 bits per heavy atom. The van der Waals surface area contributed by atoms with Crippen LogP contribution in [0.1, 0.15) is 17.2 Å². The number of nitrogens with one attached hydrogen (secondary N) is 1. The zero-order chi connectivity index (χ0) is 11.4. The minimum atomic E-state index is 0.327. The van der Waals surface area contributed by atoms with Gasteiger partial charge in [0.2, 0.25) is 0 Å². The third-order valence-corrected chi connectivity index (χ3v) is 3.59. The highest BCUT2D eigenvalue weighted by Gasteiger charge is 2.10. The van der Waals surface area contributed by atoms with Crippen molar-refractivity contribution in [2.75, 3.05) is 7.05 Å². The molecule has 0 aliphatic carbocycles. The minimum Gasteiger partial charge on any atom is -0.313 e. The third-order valence-electron chi connectivity index (χ3n) is 2.62. The van der Waals surface area contributed by atoms with Crippen LogP contribution in [0, 0.1) is 0 Å². The highest BCUT2D eigenvalue weighted by atomic mass is 35.5. The van der Waals surface area contributed by atoms with Gasteiger partial charge in [-0.05, 0) is 53.6 Å². The maximum Gasteiger partial charge on any atom is 0.0409 e. The fraction of sp³-hybridized carbons (Fsp3) is 0.231. The Morgan fingerprint density at radius 3 is 2.88 bits per heavy atom. The van der Waals surface area contributed by atoms with Crippen molar-refractivity contribution in [2.45, 2.75) is 12.5 Å². The average Bonchev–Trinajstić information content (AvgIpc) is 2.78. The van der Waals surface area contributed by atoms with Crippen LogP contribution in [0.2, 0.25) is 5.02 Å². The van der Waals surface area contributed by atoms with Crippen molar-refractivity contribution in [2.24, 2.45) is 0 Å². The lowest BCUT2D eigenvalue weighted by molar-refractivity contribution is 0.593. The molecule has 1 N–H and O–H groups in total. The van der Waals surface area contributed by atoms with Gasteiger partial charge in [0.25, 0.3) is 0 Å². The molecule has 0 fully saturated rings. The molecular formula is C13H14ClNS. The van der Waals surface area contributed by atoms with E-state index in [1.54, 1.807) is 11.3 Å². The Labute approximate surface area is 105 Å². The van der Waals surface area contributed by atoms with E-state index < -0.39 is 0 Å². The number of benzene rings is 1. The average molecular weight is 252 g/mol. The van der Waals surface area contributed by atoms with Gasteiger partial charge in [-0.3, -0.25) is 0 Å². The second-order valence-corrected chi connectivity index (χ2v) is 4.95. The monoisotopic (exact) mass is 251 g/mol. The van der Waals surface area contributed by atoms with Gasteiger partial charge in [0.15, 0.2) is 0 Å². The smallest absolute Gasteiger partial charge is 0.0409 e. The maximum absolute atomic E-state index is 6.00. The first-order valence-electron chi connectivity index (χ1n) is 5.23.